The van der Waals surface area contributed by atoms with Crippen LogP contribution in [0.15, 0.2) is 0 Å². The molecule has 12 heavy (non-hydrogen) atoms. The van der Waals surface area contributed by atoms with E-state index in [9.17, 15) is 9.59 Å². The number of nitrogens with one attached hydrogen (secondary N) is 1. The number of carbonyl (C=O) groups excluding carboxylic acids is 1. The van der Waals surface area contributed by atoms with Crippen molar-refractivity contribution >= 4 is 11.9 Å². The number of epoxide rings is 1. The van der Waals surface area contributed by atoms with Crippen LogP contribution in [0, 0.1) is 0 Å². The molecule has 68 valence electrons. The lowest BCUT2D eigenvalue weighted by Gasteiger charge is -2.04. The zero-order valence-electron chi connectivity index (χ0n) is 6.90. The molecule has 1 aliphatic heterocycles. The number of ether oxygens (including phenoxy) is 1. The van der Waals surface area contributed by atoms with Crippen molar-refractivity contribution in [2.24, 2.45) is 0 Å². The normalized spacial score (nSPS) is 26.9. The van der Waals surface area contributed by atoms with E-state index < -0.39 is 18.2 Å². The van der Waals surface area contributed by atoms with Crippen LogP contribution in [-0.2, 0) is 14.3 Å². The van der Waals surface area contributed by atoms with Crippen LogP contribution >= 0.6 is 0 Å². The lowest BCUT2D eigenvalue weighted by molar-refractivity contribution is -0.138. The molecule has 1 fully saturated rings. The Morgan fingerprint density at radius 3 is 2.33 bits per heavy atom. The Bertz CT molecular complexity index is 213. The molecule has 0 aromatic heterocycles. The van der Waals surface area contributed by atoms with Gasteiger partial charge in [0.05, 0.1) is 0 Å². The largest absolute Gasteiger partial charge is 0.479 e. The SMILES string of the molecule is CC(C)NC(=O)C1OC1C(=O)O. The molecule has 1 heterocycles. The van der Waals surface area contributed by atoms with Gasteiger partial charge in [-0.3, -0.25) is 4.79 Å². The molecule has 1 amide bonds. The summed E-state index contributed by atoms with van der Waals surface area (Å²) < 4.78 is 4.63. The number of hydrogen-bond donors (Lipinski definition) is 2. The second-order valence-electron chi connectivity index (χ2n) is 2.98. The van der Waals surface area contributed by atoms with Gasteiger partial charge in [0.1, 0.15) is 0 Å². The highest BCUT2D eigenvalue weighted by atomic mass is 16.6. The molecule has 1 saturated heterocycles. The van der Waals surface area contributed by atoms with Gasteiger partial charge in [0.15, 0.2) is 12.2 Å². The minimum absolute atomic E-state index is 0.0103. The maximum absolute atomic E-state index is 11.0. The minimum atomic E-state index is -1.08. The van der Waals surface area contributed by atoms with Gasteiger partial charge < -0.3 is 15.2 Å². The van der Waals surface area contributed by atoms with E-state index in [1.165, 1.54) is 0 Å². The fourth-order valence-corrected chi connectivity index (χ4v) is 0.866. The maximum atomic E-state index is 11.0. The minimum Gasteiger partial charge on any atom is -0.479 e. The van der Waals surface area contributed by atoms with Gasteiger partial charge in [-0.05, 0) is 13.8 Å². The van der Waals surface area contributed by atoms with Crippen LogP contribution < -0.4 is 5.32 Å². The van der Waals surface area contributed by atoms with E-state index in [1.54, 1.807) is 13.8 Å². The molecule has 5 heteroatoms. The van der Waals surface area contributed by atoms with Crippen molar-refractivity contribution in [3.63, 3.8) is 0 Å². The second kappa shape index (κ2) is 3.10. The van der Waals surface area contributed by atoms with Crippen molar-refractivity contribution < 1.29 is 19.4 Å². The third-order valence-electron chi connectivity index (χ3n) is 1.42. The van der Waals surface area contributed by atoms with Crippen LogP contribution in [0.5, 0.6) is 0 Å². The van der Waals surface area contributed by atoms with Crippen LogP contribution in [-0.4, -0.2) is 35.2 Å². The predicted octanol–water partition coefficient (Wildman–Crippen LogP) is -0.637. The lowest BCUT2D eigenvalue weighted by atomic mass is 10.3. The third kappa shape index (κ3) is 1.94. The van der Waals surface area contributed by atoms with Crippen LogP contribution in [0.3, 0.4) is 0 Å². The topological polar surface area (TPSA) is 78.9 Å². The summed E-state index contributed by atoms with van der Waals surface area (Å²) in [6.07, 6.45) is -1.73. The average molecular weight is 173 g/mol. The van der Waals surface area contributed by atoms with Crippen LogP contribution in [0.4, 0.5) is 0 Å². The molecule has 0 aliphatic carbocycles. The molecule has 1 rings (SSSR count). The zero-order chi connectivity index (χ0) is 9.30. The van der Waals surface area contributed by atoms with Gasteiger partial charge in [0.25, 0.3) is 5.91 Å². The first kappa shape index (κ1) is 8.99. The van der Waals surface area contributed by atoms with Crippen molar-refractivity contribution in [3.05, 3.63) is 0 Å². The molecule has 0 aromatic carbocycles. The first-order valence-electron chi connectivity index (χ1n) is 3.71. The monoisotopic (exact) mass is 173 g/mol. The quantitative estimate of drug-likeness (QED) is 0.556. The second-order valence-corrected chi connectivity index (χ2v) is 2.98. The van der Waals surface area contributed by atoms with Crippen LogP contribution in [0.25, 0.3) is 0 Å². The summed E-state index contributed by atoms with van der Waals surface area (Å²) in [6.45, 7) is 3.60. The maximum Gasteiger partial charge on any atom is 0.336 e. The van der Waals surface area contributed by atoms with E-state index in [-0.39, 0.29) is 11.9 Å². The molecule has 0 radical (unpaired) electrons. The molecular formula is C7H11NO4. The number of aliphatic carboxylic acids is 1. The van der Waals surface area contributed by atoms with Crippen molar-refractivity contribution in [2.45, 2.75) is 32.1 Å². The first-order chi connectivity index (χ1) is 5.52. The summed E-state index contributed by atoms with van der Waals surface area (Å²) in [5.41, 5.74) is 0. The Morgan fingerprint density at radius 1 is 1.42 bits per heavy atom. The van der Waals surface area contributed by atoms with Crippen molar-refractivity contribution in [1.29, 1.82) is 0 Å². The number of carboxylic acids is 1. The summed E-state index contributed by atoms with van der Waals surface area (Å²) in [7, 11) is 0. The van der Waals surface area contributed by atoms with Gasteiger partial charge in [-0.1, -0.05) is 0 Å². The summed E-state index contributed by atoms with van der Waals surface area (Å²) in [4.78, 5) is 21.3. The summed E-state index contributed by atoms with van der Waals surface area (Å²) >= 11 is 0. The predicted molar refractivity (Wildman–Crippen MR) is 39.6 cm³/mol. The highest BCUT2D eigenvalue weighted by Crippen LogP contribution is 2.22. The molecule has 0 aromatic rings. The number of rotatable bonds is 3. The lowest BCUT2D eigenvalue weighted by Crippen LogP contribution is -2.35. The molecular weight excluding hydrogens is 162 g/mol. The third-order valence-corrected chi connectivity index (χ3v) is 1.42. The Labute approximate surface area is 69.7 Å². The van der Waals surface area contributed by atoms with E-state index in [2.05, 4.69) is 10.1 Å². The molecule has 2 unspecified atom stereocenters. The fourth-order valence-electron chi connectivity index (χ4n) is 0.866. The van der Waals surface area contributed by atoms with E-state index in [0.717, 1.165) is 0 Å². The number of amides is 1. The molecule has 2 N–H and O–H groups in total. The summed E-state index contributed by atoms with van der Waals surface area (Å²) in [5.74, 6) is -1.43. The average Bonchev–Trinajstić information content (AvgIpc) is 2.61. The number of carboxylic acid groups (broad SMARTS) is 1. The van der Waals surface area contributed by atoms with Gasteiger partial charge in [-0.25, -0.2) is 4.79 Å². The van der Waals surface area contributed by atoms with Gasteiger partial charge in [0, 0.05) is 6.04 Å². The van der Waals surface area contributed by atoms with E-state index >= 15 is 0 Å². The Hall–Kier alpha value is -1.10. The Balaban J connectivity index is 2.33. The van der Waals surface area contributed by atoms with Gasteiger partial charge in [0.2, 0.25) is 0 Å². The molecule has 0 bridgehead atoms. The first-order valence-corrected chi connectivity index (χ1v) is 3.71. The molecule has 5 nitrogen and oxygen atoms in total. The Morgan fingerprint density at radius 2 is 2.00 bits per heavy atom. The van der Waals surface area contributed by atoms with Crippen LogP contribution in [0.1, 0.15) is 13.8 Å². The van der Waals surface area contributed by atoms with Crippen molar-refractivity contribution in [1.82, 2.24) is 5.32 Å². The Kier molecular flexibility index (Phi) is 2.32. The summed E-state index contributed by atoms with van der Waals surface area (Å²) in [6, 6.07) is 0.0103. The van der Waals surface area contributed by atoms with E-state index in [0.29, 0.717) is 0 Å². The number of carbonyl (C=O) groups is 2. The van der Waals surface area contributed by atoms with Crippen molar-refractivity contribution in [3.8, 4) is 0 Å². The van der Waals surface area contributed by atoms with Gasteiger partial charge >= 0.3 is 5.97 Å². The van der Waals surface area contributed by atoms with E-state index in [1.807, 2.05) is 0 Å². The molecule has 1 aliphatic rings. The highest BCUT2D eigenvalue weighted by Gasteiger charge is 2.50. The molecule has 0 saturated carbocycles. The van der Waals surface area contributed by atoms with Crippen LogP contribution in [0.2, 0.25) is 0 Å². The van der Waals surface area contributed by atoms with E-state index in [4.69, 9.17) is 5.11 Å². The summed E-state index contributed by atoms with van der Waals surface area (Å²) in [5, 5.41) is 11.0. The number of hydrogen-bond acceptors (Lipinski definition) is 3. The molecule has 2 atom stereocenters. The fraction of sp³-hybridized carbons (Fsp3) is 0.714. The smallest absolute Gasteiger partial charge is 0.336 e. The molecule has 0 spiro atoms. The van der Waals surface area contributed by atoms with Gasteiger partial charge in [-0.15, -0.1) is 0 Å². The standard InChI is InChI=1S/C7H11NO4/c1-3(2)8-6(9)4-5(12-4)7(10)11/h3-5H,1-2H3,(H,8,9)(H,10,11). The van der Waals surface area contributed by atoms with Gasteiger partial charge in [-0.2, -0.15) is 0 Å². The zero-order valence-corrected chi connectivity index (χ0v) is 6.90. The van der Waals surface area contributed by atoms with Crippen molar-refractivity contribution in [2.75, 3.05) is 0 Å². The highest BCUT2D eigenvalue weighted by molar-refractivity contribution is 5.92.